The number of hydrogen-bond donors (Lipinski definition) is 0. The van der Waals surface area contributed by atoms with E-state index in [1.807, 2.05) is 0 Å². The summed E-state index contributed by atoms with van der Waals surface area (Å²) in [5.41, 5.74) is 8.66. The summed E-state index contributed by atoms with van der Waals surface area (Å²) in [5.74, 6) is 0. The zero-order chi connectivity index (χ0) is 18.0. The second kappa shape index (κ2) is 16.8. The molecule has 0 spiro atoms. The lowest BCUT2D eigenvalue weighted by Crippen LogP contribution is -2.44. The van der Waals surface area contributed by atoms with Gasteiger partial charge in [0.1, 0.15) is 12.2 Å². The van der Waals surface area contributed by atoms with Crippen molar-refractivity contribution in [3.63, 3.8) is 0 Å². The molecule has 6 heteroatoms. The largest absolute Gasteiger partial charge is 0.375 e. The Kier molecular flexibility index (Phi) is 16.0. The van der Waals surface area contributed by atoms with Gasteiger partial charge < -0.3 is 14.2 Å². The molecule has 0 N–H and O–H groups in total. The maximum absolute atomic E-state index is 8.66. The Morgan fingerprint density at radius 1 is 0.958 bits per heavy atom. The van der Waals surface area contributed by atoms with Crippen LogP contribution in [-0.4, -0.2) is 44.7 Å². The molecule has 0 aromatic heterocycles. The Morgan fingerprint density at radius 2 is 1.50 bits per heavy atom. The highest BCUT2D eigenvalue weighted by Gasteiger charge is 2.30. The molecule has 3 atom stereocenters. The van der Waals surface area contributed by atoms with Gasteiger partial charge >= 0.3 is 0 Å². The van der Waals surface area contributed by atoms with Crippen molar-refractivity contribution in [3.8, 4) is 0 Å². The van der Waals surface area contributed by atoms with Gasteiger partial charge in [-0.3, -0.25) is 0 Å². The van der Waals surface area contributed by atoms with Crippen molar-refractivity contribution in [3.05, 3.63) is 23.1 Å². The predicted molar refractivity (Wildman–Crippen MR) is 98.2 cm³/mol. The number of hydrogen-bond acceptors (Lipinski definition) is 4. The van der Waals surface area contributed by atoms with E-state index >= 15 is 0 Å². The summed E-state index contributed by atoms with van der Waals surface area (Å²) in [4.78, 5) is 2.87. The van der Waals surface area contributed by atoms with E-state index in [1.54, 1.807) is 6.08 Å². The summed E-state index contributed by atoms with van der Waals surface area (Å²) < 4.78 is 17.9. The second-order valence-corrected chi connectivity index (χ2v) is 5.79. The lowest BCUT2D eigenvalue weighted by atomic mass is 10.1. The number of rotatable bonds is 17. The first kappa shape index (κ1) is 22.9. The van der Waals surface area contributed by atoms with Crippen molar-refractivity contribution in [2.45, 2.75) is 77.6 Å². The topological polar surface area (TPSA) is 76.5 Å². The number of nitrogens with zero attached hydrogens (tertiary/aromatic N) is 3. The molecule has 0 aliphatic heterocycles. The maximum Gasteiger partial charge on any atom is 0.113 e. The Labute approximate surface area is 147 Å². The van der Waals surface area contributed by atoms with Crippen molar-refractivity contribution in [2.75, 3.05) is 26.4 Å². The molecule has 0 amide bonds. The van der Waals surface area contributed by atoms with E-state index in [0.29, 0.717) is 19.8 Å². The Hall–Kier alpha value is -1.07. The standard InChI is InChI=1S/C18H35N3O3/c1-5-9-12-22-16(8-4)18(24-14-11-7-3)17(15-20-21-19)23-13-10-6-2/h8,16-18H,4-7,9-15H2,1-3H3/t16-,17+,18?/m0/s1. The van der Waals surface area contributed by atoms with Crippen LogP contribution < -0.4 is 0 Å². The maximum atomic E-state index is 8.66. The highest BCUT2D eigenvalue weighted by Crippen LogP contribution is 2.16. The van der Waals surface area contributed by atoms with Gasteiger partial charge in [-0.15, -0.1) is 6.58 Å². The van der Waals surface area contributed by atoms with Crippen LogP contribution in [-0.2, 0) is 14.2 Å². The predicted octanol–water partition coefficient (Wildman–Crippen LogP) is 5.04. The summed E-state index contributed by atoms with van der Waals surface area (Å²) in [6, 6.07) is 0. The third-order valence-corrected chi connectivity index (χ3v) is 3.69. The Balaban J connectivity index is 4.98. The van der Waals surface area contributed by atoms with Crippen LogP contribution in [0.25, 0.3) is 10.4 Å². The molecule has 6 nitrogen and oxygen atoms in total. The quantitative estimate of drug-likeness (QED) is 0.122. The molecule has 140 valence electrons. The molecule has 0 fully saturated rings. The Bertz CT molecular complexity index is 346. The van der Waals surface area contributed by atoms with Gasteiger partial charge in [0, 0.05) is 24.7 Å². The minimum atomic E-state index is -0.325. The average Bonchev–Trinajstić information content (AvgIpc) is 2.60. The van der Waals surface area contributed by atoms with Crippen LogP contribution in [0.5, 0.6) is 0 Å². The molecule has 0 heterocycles. The van der Waals surface area contributed by atoms with Crippen molar-refractivity contribution in [1.29, 1.82) is 0 Å². The molecule has 24 heavy (non-hydrogen) atoms. The minimum Gasteiger partial charge on any atom is -0.375 e. The molecular formula is C18H35N3O3. The van der Waals surface area contributed by atoms with Crippen LogP contribution in [0.4, 0.5) is 0 Å². The van der Waals surface area contributed by atoms with Crippen LogP contribution >= 0.6 is 0 Å². The molecule has 0 aromatic rings. The van der Waals surface area contributed by atoms with E-state index < -0.39 is 0 Å². The van der Waals surface area contributed by atoms with E-state index in [9.17, 15) is 0 Å². The van der Waals surface area contributed by atoms with Gasteiger partial charge in [0.25, 0.3) is 0 Å². The second-order valence-electron chi connectivity index (χ2n) is 5.79. The fourth-order valence-corrected chi connectivity index (χ4v) is 2.19. The van der Waals surface area contributed by atoms with Crippen molar-refractivity contribution < 1.29 is 14.2 Å². The van der Waals surface area contributed by atoms with Gasteiger partial charge in [0.2, 0.25) is 0 Å². The number of azide groups is 1. The van der Waals surface area contributed by atoms with Crippen molar-refractivity contribution >= 4 is 0 Å². The number of ether oxygens (including phenoxy) is 3. The summed E-state index contributed by atoms with van der Waals surface area (Å²) in [7, 11) is 0. The molecule has 0 bridgehead atoms. The van der Waals surface area contributed by atoms with E-state index in [0.717, 1.165) is 38.5 Å². The molecule has 0 aromatic carbocycles. The molecule has 0 rings (SSSR count). The first-order valence-corrected chi connectivity index (χ1v) is 9.23. The van der Waals surface area contributed by atoms with Crippen LogP contribution in [0.3, 0.4) is 0 Å². The SMILES string of the molecule is C=C[C@H](OCCCC)C(OCCCC)[C@@H](CN=[N+]=[N-])OCCCC. The van der Waals surface area contributed by atoms with Crippen LogP contribution in [0.1, 0.15) is 59.3 Å². The van der Waals surface area contributed by atoms with Crippen LogP contribution in [0, 0.1) is 0 Å². The van der Waals surface area contributed by atoms with Gasteiger partial charge in [-0.2, -0.15) is 0 Å². The molecule has 0 saturated carbocycles. The lowest BCUT2D eigenvalue weighted by molar-refractivity contribution is -0.123. The highest BCUT2D eigenvalue weighted by molar-refractivity contribution is 4.92. The van der Waals surface area contributed by atoms with E-state index in [-0.39, 0.29) is 24.9 Å². The smallest absolute Gasteiger partial charge is 0.113 e. The van der Waals surface area contributed by atoms with Gasteiger partial charge in [0.15, 0.2) is 0 Å². The molecule has 0 aliphatic rings. The third-order valence-electron chi connectivity index (χ3n) is 3.69. The molecule has 0 radical (unpaired) electrons. The molecule has 1 unspecified atom stereocenters. The van der Waals surface area contributed by atoms with Gasteiger partial charge in [-0.05, 0) is 24.8 Å². The fourth-order valence-electron chi connectivity index (χ4n) is 2.19. The fraction of sp³-hybridized carbons (Fsp3) is 0.889. The monoisotopic (exact) mass is 341 g/mol. The summed E-state index contributed by atoms with van der Waals surface area (Å²) in [6.45, 7) is 12.4. The third kappa shape index (κ3) is 10.7. The minimum absolute atomic E-state index is 0.235. The molecular weight excluding hydrogens is 306 g/mol. The summed E-state index contributed by atoms with van der Waals surface area (Å²) in [5, 5.41) is 3.70. The normalized spacial score (nSPS) is 14.6. The highest BCUT2D eigenvalue weighted by atomic mass is 16.6. The summed E-state index contributed by atoms with van der Waals surface area (Å²) in [6.07, 6.45) is 6.95. The van der Waals surface area contributed by atoms with Crippen LogP contribution in [0.2, 0.25) is 0 Å². The van der Waals surface area contributed by atoms with Crippen LogP contribution in [0.15, 0.2) is 17.8 Å². The van der Waals surface area contributed by atoms with E-state index in [4.69, 9.17) is 19.7 Å². The zero-order valence-corrected chi connectivity index (χ0v) is 15.7. The van der Waals surface area contributed by atoms with Gasteiger partial charge in [-0.1, -0.05) is 51.2 Å². The van der Waals surface area contributed by atoms with Gasteiger partial charge in [-0.25, -0.2) is 0 Å². The molecule has 0 aliphatic carbocycles. The zero-order valence-electron chi connectivity index (χ0n) is 15.7. The number of unbranched alkanes of at least 4 members (excludes halogenated alkanes) is 3. The average molecular weight is 341 g/mol. The summed E-state index contributed by atoms with van der Waals surface area (Å²) >= 11 is 0. The van der Waals surface area contributed by atoms with E-state index in [2.05, 4.69) is 37.4 Å². The van der Waals surface area contributed by atoms with Gasteiger partial charge in [0.05, 0.1) is 12.6 Å². The molecule has 0 saturated heterocycles. The lowest BCUT2D eigenvalue weighted by Gasteiger charge is -2.31. The van der Waals surface area contributed by atoms with Crippen molar-refractivity contribution in [2.24, 2.45) is 5.11 Å². The first-order valence-electron chi connectivity index (χ1n) is 9.23. The van der Waals surface area contributed by atoms with E-state index in [1.165, 1.54) is 0 Å². The Morgan fingerprint density at radius 3 is 2.00 bits per heavy atom. The van der Waals surface area contributed by atoms with Crippen molar-refractivity contribution in [1.82, 2.24) is 0 Å². The first-order chi connectivity index (χ1) is 11.7.